The van der Waals surface area contributed by atoms with E-state index in [1.165, 1.54) is 5.56 Å². The topological polar surface area (TPSA) is 33.5 Å². The van der Waals surface area contributed by atoms with Crippen LogP contribution < -0.4 is 0 Å². The molecule has 0 atom stereocenters. The van der Waals surface area contributed by atoms with E-state index < -0.39 is 0 Å². The van der Waals surface area contributed by atoms with Crippen LogP contribution in [0.4, 0.5) is 0 Å². The lowest BCUT2D eigenvalue weighted by atomic mass is 10.1. The molecule has 1 amide bonds. The van der Waals surface area contributed by atoms with Crippen LogP contribution in [0.1, 0.15) is 31.1 Å². The summed E-state index contributed by atoms with van der Waals surface area (Å²) in [4.78, 5) is 14.1. The van der Waals surface area contributed by atoms with Gasteiger partial charge in [0.05, 0.1) is 12.8 Å². The van der Waals surface area contributed by atoms with Crippen molar-refractivity contribution in [2.75, 3.05) is 6.54 Å². The summed E-state index contributed by atoms with van der Waals surface area (Å²) in [5.41, 5.74) is 1.25. The molecule has 106 valence electrons. The summed E-state index contributed by atoms with van der Waals surface area (Å²) in [6, 6.07) is 14.0. The summed E-state index contributed by atoms with van der Waals surface area (Å²) in [5, 5.41) is 0. The van der Waals surface area contributed by atoms with Gasteiger partial charge in [0.1, 0.15) is 5.76 Å². The first kappa shape index (κ1) is 14.4. The summed E-state index contributed by atoms with van der Waals surface area (Å²) in [7, 11) is 0. The predicted molar refractivity (Wildman–Crippen MR) is 79.2 cm³/mol. The van der Waals surface area contributed by atoms with Gasteiger partial charge < -0.3 is 9.32 Å². The number of benzene rings is 1. The molecule has 0 bridgehead atoms. The van der Waals surface area contributed by atoms with E-state index in [1.807, 2.05) is 42.2 Å². The zero-order valence-electron chi connectivity index (χ0n) is 11.9. The number of amides is 1. The molecule has 0 saturated carbocycles. The molecule has 0 aliphatic rings. The second-order valence-corrected chi connectivity index (χ2v) is 4.88. The van der Waals surface area contributed by atoms with Crippen LogP contribution in [0.3, 0.4) is 0 Å². The smallest absolute Gasteiger partial charge is 0.222 e. The molecule has 3 heteroatoms. The fraction of sp³-hybridized carbons (Fsp3) is 0.353. The van der Waals surface area contributed by atoms with Crippen molar-refractivity contribution < 1.29 is 9.21 Å². The molecule has 0 saturated heterocycles. The molecule has 0 radical (unpaired) electrons. The third kappa shape index (κ3) is 4.26. The molecule has 0 fully saturated rings. The Morgan fingerprint density at radius 1 is 1.15 bits per heavy atom. The van der Waals surface area contributed by atoms with Crippen molar-refractivity contribution in [3.05, 3.63) is 60.1 Å². The van der Waals surface area contributed by atoms with Gasteiger partial charge in [-0.1, -0.05) is 37.3 Å². The van der Waals surface area contributed by atoms with Gasteiger partial charge in [0.2, 0.25) is 5.91 Å². The van der Waals surface area contributed by atoms with Crippen LogP contribution in [-0.2, 0) is 17.8 Å². The highest BCUT2D eigenvalue weighted by Gasteiger charge is 2.14. The number of carbonyl (C=O) groups is 1. The fourth-order valence-electron chi connectivity index (χ4n) is 2.16. The minimum Gasteiger partial charge on any atom is -0.467 e. The van der Waals surface area contributed by atoms with Crippen LogP contribution in [-0.4, -0.2) is 17.4 Å². The van der Waals surface area contributed by atoms with Gasteiger partial charge in [0.15, 0.2) is 0 Å². The summed E-state index contributed by atoms with van der Waals surface area (Å²) < 4.78 is 5.35. The van der Waals surface area contributed by atoms with Gasteiger partial charge in [-0.25, -0.2) is 0 Å². The van der Waals surface area contributed by atoms with Crippen molar-refractivity contribution in [2.24, 2.45) is 0 Å². The van der Waals surface area contributed by atoms with Gasteiger partial charge in [-0.15, -0.1) is 0 Å². The van der Waals surface area contributed by atoms with Crippen molar-refractivity contribution in [3.8, 4) is 0 Å². The Bertz CT molecular complexity index is 505. The second-order valence-electron chi connectivity index (χ2n) is 4.88. The van der Waals surface area contributed by atoms with Crippen molar-refractivity contribution in [1.82, 2.24) is 4.90 Å². The standard InChI is InChI=1S/C17H21NO2/c1-2-7-17(19)18(14-16-10-6-13-20-16)12-11-15-8-4-3-5-9-15/h3-6,8-10,13H,2,7,11-12,14H2,1H3. The molecule has 2 rings (SSSR count). The van der Waals surface area contributed by atoms with Crippen LogP contribution in [0.25, 0.3) is 0 Å². The van der Waals surface area contributed by atoms with Crippen LogP contribution in [0, 0.1) is 0 Å². The van der Waals surface area contributed by atoms with E-state index >= 15 is 0 Å². The third-order valence-corrected chi connectivity index (χ3v) is 3.26. The van der Waals surface area contributed by atoms with E-state index in [0.29, 0.717) is 13.0 Å². The first-order chi connectivity index (χ1) is 9.79. The Labute approximate surface area is 120 Å². The number of rotatable bonds is 7. The minimum atomic E-state index is 0.194. The first-order valence-corrected chi connectivity index (χ1v) is 7.13. The van der Waals surface area contributed by atoms with Crippen molar-refractivity contribution in [2.45, 2.75) is 32.7 Å². The van der Waals surface area contributed by atoms with Gasteiger partial charge >= 0.3 is 0 Å². The van der Waals surface area contributed by atoms with Crippen LogP contribution in [0.15, 0.2) is 53.1 Å². The highest BCUT2D eigenvalue weighted by atomic mass is 16.3. The Morgan fingerprint density at radius 2 is 1.95 bits per heavy atom. The molecule has 1 aromatic heterocycles. The second kappa shape index (κ2) is 7.53. The lowest BCUT2D eigenvalue weighted by molar-refractivity contribution is -0.132. The summed E-state index contributed by atoms with van der Waals surface area (Å²) in [5.74, 6) is 1.03. The molecule has 2 aromatic rings. The average molecular weight is 271 g/mol. The molecule has 0 unspecified atom stereocenters. The number of hydrogen-bond donors (Lipinski definition) is 0. The molecule has 3 nitrogen and oxygen atoms in total. The lowest BCUT2D eigenvalue weighted by Crippen LogP contribution is -2.32. The molecular formula is C17H21NO2. The molecule has 0 N–H and O–H groups in total. The Balaban J connectivity index is 1.97. The first-order valence-electron chi connectivity index (χ1n) is 7.13. The predicted octanol–water partition coefficient (Wildman–Crippen LogP) is 3.65. The number of nitrogens with zero attached hydrogens (tertiary/aromatic N) is 1. The van der Waals surface area contributed by atoms with Crippen LogP contribution in [0.2, 0.25) is 0 Å². The fourth-order valence-corrected chi connectivity index (χ4v) is 2.16. The maximum atomic E-state index is 12.2. The largest absolute Gasteiger partial charge is 0.467 e. The Kier molecular flexibility index (Phi) is 5.42. The maximum Gasteiger partial charge on any atom is 0.222 e. The Morgan fingerprint density at radius 3 is 2.60 bits per heavy atom. The zero-order chi connectivity index (χ0) is 14.2. The molecule has 1 aromatic carbocycles. The molecule has 0 aliphatic heterocycles. The van der Waals surface area contributed by atoms with Crippen molar-refractivity contribution in [1.29, 1.82) is 0 Å². The van der Waals surface area contributed by atoms with Gasteiger partial charge in [0, 0.05) is 13.0 Å². The molecule has 1 heterocycles. The third-order valence-electron chi connectivity index (χ3n) is 3.26. The van der Waals surface area contributed by atoms with Gasteiger partial charge in [-0.3, -0.25) is 4.79 Å². The van der Waals surface area contributed by atoms with E-state index in [1.54, 1.807) is 6.26 Å². The highest BCUT2D eigenvalue weighted by Crippen LogP contribution is 2.10. The van der Waals surface area contributed by atoms with Crippen LogP contribution >= 0.6 is 0 Å². The SMILES string of the molecule is CCCC(=O)N(CCc1ccccc1)Cc1ccco1. The average Bonchev–Trinajstić information content (AvgIpc) is 2.97. The normalized spacial score (nSPS) is 10.4. The summed E-state index contributed by atoms with van der Waals surface area (Å²) in [6.07, 6.45) is 3.99. The summed E-state index contributed by atoms with van der Waals surface area (Å²) >= 11 is 0. The number of carbonyl (C=O) groups excluding carboxylic acids is 1. The van der Waals surface area contributed by atoms with E-state index in [9.17, 15) is 4.79 Å². The molecule has 0 aliphatic carbocycles. The van der Waals surface area contributed by atoms with Gasteiger partial charge in [0.25, 0.3) is 0 Å². The lowest BCUT2D eigenvalue weighted by Gasteiger charge is -2.21. The van der Waals surface area contributed by atoms with Crippen molar-refractivity contribution >= 4 is 5.91 Å². The maximum absolute atomic E-state index is 12.2. The Hall–Kier alpha value is -2.03. The zero-order valence-corrected chi connectivity index (χ0v) is 11.9. The van der Waals surface area contributed by atoms with Gasteiger partial charge in [-0.05, 0) is 30.5 Å². The van der Waals surface area contributed by atoms with E-state index in [2.05, 4.69) is 12.1 Å². The van der Waals surface area contributed by atoms with E-state index in [4.69, 9.17) is 4.42 Å². The number of furan rings is 1. The van der Waals surface area contributed by atoms with Gasteiger partial charge in [-0.2, -0.15) is 0 Å². The monoisotopic (exact) mass is 271 g/mol. The molecule has 0 spiro atoms. The van der Waals surface area contributed by atoms with Crippen LogP contribution in [0.5, 0.6) is 0 Å². The minimum absolute atomic E-state index is 0.194. The molecule has 20 heavy (non-hydrogen) atoms. The van der Waals surface area contributed by atoms with Crippen molar-refractivity contribution in [3.63, 3.8) is 0 Å². The quantitative estimate of drug-likeness (QED) is 0.770. The number of hydrogen-bond acceptors (Lipinski definition) is 2. The van der Waals surface area contributed by atoms with E-state index in [0.717, 1.165) is 25.1 Å². The molecular weight excluding hydrogens is 250 g/mol. The highest BCUT2D eigenvalue weighted by molar-refractivity contribution is 5.76. The summed E-state index contributed by atoms with van der Waals surface area (Å²) in [6.45, 7) is 3.31. The van der Waals surface area contributed by atoms with E-state index in [-0.39, 0.29) is 5.91 Å².